The summed E-state index contributed by atoms with van der Waals surface area (Å²) in [5.74, 6) is 0.315. The highest BCUT2D eigenvalue weighted by molar-refractivity contribution is 6.34. The first-order valence-corrected chi connectivity index (χ1v) is 6.99. The maximum Gasteiger partial charge on any atom is 0.266 e. The van der Waals surface area contributed by atoms with E-state index in [1.165, 1.54) is 4.90 Å². The maximum atomic E-state index is 12.5. The molecule has 5 nitrogen and oxygen atoms in total. The topological polar surface area (TPSA) is 55.2 Å². The molecule has 2 amide bonds. The summed E-state index contributed by atoms with van der Waals surface area (Å²) in [6, 6.07) is 12.3. The second kappa shape index (κ2) is 4.27. The Balaban J connectivity index is 1.86. The lowest BCUT2D eigenvalue weighted by Gasteiger charge is -2.13. The van der Waals surface area contributed by atoms with Crippen LogP contribution in [0.3, 0.4) is 0 Å². The van der Waals surface area contributed by atoms with Gasteiger partial charge in [0.15, 0.2) is 0 Å². The number of rotatable bonds is 1. The zero-order valence-electron chi connectivity index (χ0n) is 12.2. The molecule has 1 aliphatic rings. The molecule has 0 spiro atoms. The summed E-state index contributed by atoms with van der Waals surface area (Å²) in [7, 11) is 1.94. The standard InChI is InChI=1S/C17H13N3O2/c1-10-18-14-9-11(7-8-15(14)19(10)2)20-16(21)12-5-3-4-6-13(12)17(20)22/h3-9H,1-2H3. The molecule has 2 aromatic carbocycles. The van der Waals surface area contributed by atoms with E-state index in [2.05, 4.69) is 4.98 Å². The van der Waals surface area contributed by atoms with Gasteiger partial charge in [0.25, 0.3) is 11.8 Å². The van der Waals surface area contributed by atoms with Crippen LogP contribution in [-0.4, -0.2) is 21.4 Å². The number of fused-ring (bicyclic) bond motifs is 2. The first-order chi connectivity index (χ1) is 10.6. The molecule has 0 atom stereocenters. The monoisotopic (exact) mass is 291 g/mol. The minimum Gasteiger partial charge on any atom is -0.331 e. The van der Waals surface area contributed by atoms with Gasteiger partial charge in [0.05, 0.1) is 27.8 Å². The van der Waals surface area contributed by atoms with Crippen LogP contribution in [0.25, 0.3) is 11.0 Å². The van der Waals surface area contributed by atoms with Gasteiger partial charge in [0.1, 0.15) is 5.82 Å². The molecule has 0 N–H and O–H groups in total. The van der Waals surface area contributed by atoms with Gasteiger partial charge in [0.2, 0.25) is 0 Å². The molecular weight excluding hydrogens is 278 g/mol. The van der Waals surface area contributed by atoms with E-state index in [1.807, 2.05) is 24.6 Å². The second-order valence-electron chi connectivity index (χ2n) is 5.38. The van der Waals surface area contributed by atoms with E-state index in [0.717, 1.165) is 16.9 Å². The van der Waals surface area contributed by atoms with Gasteiger partial charge in [0, 0.05) is 7.05 Å². The lowest BCUT2D eigenvalue weighted by Crippen LogP contribution is -2.29. The number of amides is 2. The number of anilines is 1. The van der Waals surface area contributed by atoms with Gasteiger partial charge >= 0.3 is 0 Å². The van der Waals surface area contributed by atoms with Gasteiger partial charge in [-0.15, -0.1) is 0 Å². The van der Waals surface area contributed by atoms with E-state index in [9.17, 15) is 9.59 Å². The van der Waals surface area contributed by atoms with Gasteiger partial charge in [-0.2, -0.15) is 0 Å². The van der Waals surface area contributed by atoms with Gasteiger partial charge in [-0.3, -0.25) is 9.59 Å². The number of benzene rings is 2. The van der Waals surface area contributed by atoms with E-state index in [1.54, 1.807) is 36.4 Å². The predicted molar refractivity (Wildman–Crippen MR) is 83.0 cm³/mol. The van der Waals surface area contributed by atoms with Gasteiger partial charge in [-0.25, -0.2) is 9.88 Å². The summed E-state index contributed by atoms with van der Waals surface area (Å²) in [6.07, 6.45) is 0. The van der Waals surface area contributed by atoms with Gasteiger partial charge in [-0.1, -0.05) is 12.1 Å². The molecule has 0 saturated heterocycles. The smallest absolute Gasteiger partial charge is 0.266 e. The highest BCUT2D eigenvalue weighted by atomic mass is 16.2. The molecule has 22 heavy (non-hydrogen) atoms. The molecular formula is C17H13N3O2. The number of imide groups is 1. The van der Waals surface area contributed by atoms with Gasteiger partial charge in [-0.05, 0) is 37.3 Å². The zero-order chi connectivity index (χ0) is 15.4. The molecule has 0 bridgehead atoms. The van der Waals surface area contributed by atoms with Crippen LogP contribution < -0.4 is 4.90 Å². The molecule has 0 saturated carbocycles. The second-order valence-corrected chi connectivity index (χ2v) is 5.38. The van der Waals surface area contributed by atoms with Gasteiger partial charge < -0.3 is 4.57 Å². The van der Waals surface area contributed by atoms with Crippen molar-refractivity contribution in [2.24, 2.45) is 7.05 Å². The summed E-state index contributed by atoms with van der Waals surface area (Å²) < 4.78 is 1.97. The van der Waals surface area contributed by atoms with Crippen molar-refractivity contribution in [2.75, 3.05) is 4.90 Å². The third kappa shape index (κ3) is 1.56. The predicted octanol–water partition coefficient (Wildman–Crippen LogP) is 2.68. The summed E-state index contributed by atoms with van der Waals surface area (Å²) in [5.41, 5.74) is 3.19. The fourth-order valence-electron chi connectivity index (χ4n) is 2.87. The Kier molecular flexibility index (Phi) is 2.48. The summed E-state index contributed by atoms with van der Waals surface area (Å²) in [4.78, 5) is 30.7. The van der Waals surface area contributed by atoms with Crippen molar-refractivity contribution in [3.05, 3.63) is 59.4 Å². The van der Waals surface area contributed by atoms with E-state index >= 15 is 0 Å². The van der Waals surface area contributed by atoms with Crippen LogP contribution in [0.1, 0.15) is 26.5 Å². The van der Waals surface area contributed by atoms with Crippen LogP contribution in [0.15, 0.2) is 42.5 Å². The van der Waals surface area contributed by atoms with Crippen molar-refractivity contribution in [1.82, 2.24) is 9.55 Å². The average molecular weight is 291 g/mol. The molecule has 2 heterocycles. The van der Waals surface area contributed by atoms with Crippen LogP contribution >= 0.6 is 0 Å². The number of imidazole rings is 1. The Bertz CT molecular complexity index is 921. The minimum atomic E-state index is -0.285. The van der Waals surface area contributed by atoms with Crippen LogP contribution in [0.2, 0.25) is 0 Å². The largest absolute Gasteiger partial charge is 0.331 e. The van der Waals surface area contributed by atoms with Crippen LogP contribution in [-0.2, 0) is 7.05 Å². The van der Waals surface area contributed by atoms with Crippen molar-refractivity contribution in [2.45, 2.75) is 6.92 Å². The lowest BCUT2D eigenvalue weighted by molar-refractivity contribution is 0.0926. The number of aryl methyl sites for hydroxylation is 2. The van der Waals surface area contributed by atoms with Crippen molar-refractivity contribution in [3.63, 3.8) is 0 Å². The SMILES string of the molecule is Cc1nc2cc(N3C(=O)c4ccccc4C3=O)ccc2n1C. The molecule has 108 valence electrons. The Morgan fingerprint density at radius 2 is 1.59 bits per heavy atom. The number of aromatic nitrogens is 2. The van der Waals surface area contributed by atoms with E-state index in [0.29, 0.717) is 16.8 Å². The number of nitrogens with zero attached hydrogens (tertiary/aromatic N) is 3. The summed E-state index contributed by atoms with van der Waals surface area (Å²) in [6.45, 7) is 1.92. The number of carbonyl (C=O) groups excluding carboxylic acids is 2. The van der Waals surface area contributed by atoms with Crippen molar-refractivity contribution in [3.8, 4) is 0 Å². The number of carbonyl (C=O) groups is 2. The number of hydrogen-bond acceptors (Lipinski definition) is 3. The molecule has 4 rings (SSSR count). The zero-order valence-corrected chi connectivity index (χ0v) is 12.2. The van der Waals surface area contributed by atoms with E-state index < -0.39 is 0 Å². The molecule has 0 radical (unpaired) electrons. The Hall–Kier alpha value is -2.95. The average Bonchev–Trinajstić information content (AvgIpc) is 2.95. The molecule has 5 heteroatoms. The molecule has 0 unspecified atom stereocenters. The first-order valence-electron chi connectivity index (χ1n) is 6.99. The normalized spacial score (nSPS) is 14.0. The fraction of sp³-hybridized carbons (Fsp3) is 0.118. The molecule has 0 aliphatic carbocycles. The molecule has 3 aromatic rings. The molecule has 1 aromatic heterocycles. The highest BCUT2D eigenvalue weighted by Gasteiger charge is 2.36. The van der Waals surface area contributed by atoms with Crippen molar-refractivity contribution >= 4 is 28.5 Å². The Labute approximate surface area is 126 Å². The molecule has 1 aliphatic heterocycles. The summed E-state index contributed by atoms with van der Waals surface area (Å²) in [5, 5.41) is 0. The van der Waals surface area contributed by atoms with Crippen LogP contribution in [0.5, 0.6) is 0 Å². The fourth-order valence-corrected chi connectivity index (χ4v) is 2.87. The maximum absolute atomic E-state index is 12.5. The lowest BCUT2D eigenvalue weighted by atomic mass is 10.1. The third-order valence-corrected chi connectivity index (χ3v) is 4.14. The Morgan fingerprint density at radius 1 is 0.955 bits per heavy atom. The highest BCUT2D eigenvalue weighted by Crippen LogP contribution is 2.30. The third-order valence-electron chi connectivity index (χ3n) is 4.14. The van der Waals surface area contributed by atoms with Crippen molar-refractivity contribution in [1.29, 1.82) is 0 Å². The van der Waals surface area contributed by atoms with Crippen LogP contribution in [0.4, 0.5) is 5.69 Å². The van der Waals surface area contributed by atoms with E-state index in [4.69, 9.17) is 0 Å². The minimum absolute atomic E-state index is 0.285. The Morgan fingerprint density at radius 3 is 2.23 bits per heavy atom. The summed E-state index contributed by atoms with van der Waals surface area (Å²) >= 11 is 0. The quantitative estimate of drug-likeness (QED) is 0.648. The number of hydrogen-bond donors (Lipinski definition) is 0. The molecule has 0 fully saturated rings. The first kappa shape index (κ1) is 12.8. The van der Waals surface area contributed by atoms with E-state index in [-0.39, 0.29) is 11.8 Å². The van der Waals surface area contributed by atoms with Crippen molar-refractivity contribution < 1.29 is 9.59 Å². The van der Waals surface area contributed by atoms with Crippen LogP contribution in [0, 0.1) is 6.92 Å².